The van der Waals surface area contributed by atoms with E-state index in [1.807, 2.05) is 6.07 Å². The van der Waals surface area contributed by atoms with Crippen molar-refractivity contribution in [2.75, 3.05) is 17.6 Å². The average molecular weight is 309 g/mol. The zero-order valence-electron chi connectivity index (χ0n) is 13.7. The standard InChI is InChI=1S/C18H23N5/c1-3-4-10-20-17-16-15(21-18(19)22-17)11-13(2)23(16)12-14-8-6-5-7-9-14/h5-9,11H,3-4,10,12H2,1-2H3,(H3,19,20,21,22). The summed E-state index contributed by atoms with van der Waals surface area (Å²) in [7, 11) is 0. The van der Waals surface area contributed by atoms with Crippen LogP contribution in [0.3, 0.4) is 0 Å². The minimum Gasteiger partial charge on any atom is -0.368 e. The Morgan fingerprint density at radius 3 is 2.70 bits per heavy atom. The number of nitrogens with two attached hydrogens (primary N) is 1. The van der Waals surface area contributed by atoms with Gasteiger partial charge in [0, 0.05) is 18.8 Å². The van der Waals surface area contributed by atoms with Crippen LogP contribution in [0.1, 0.15) is 31.0 Å². The van der Waals surface area contributed by atoms with Gasteiger partial charge in [0.25, 0.3) is 0 Å². The minimum absolute atomic E-state index is 0.313. The number of rotatable bonds is 6. The second-order valence-corrected chi connectivity index (χ2v) is 5.80. The van der Waals surface area contributed by atoms with Crippen molar-refractivity contribution in [3.8, 4) is 0 Å². The van der Waals surface area contributed by atoms with Crippen molar-refractivity contribution in [2.45, 2.75) is 33.2 Å². The Kier molecular flexibility index (Phi) is 4.46. The lowest BCUT2D eigenvalue weighted by atomic mass is 10.2. The predicted octanol–water partition coefficient (Wildman–Crippen LogP) is 3.58. The van der Waals surface area contributed by atoms with Gasteiger partial charge in [-0.3, -0.25) is 0 Å². The van der Waals surface area contributed by atoms with Gasteiger partial charge >= 0.3 is 0 Å². The summed E-state index contributed by atoms with van der Waals surface area (Å²) in [4.78, 5) is 8.82. The molecule has 0 amide bonds. The van der Waals surface area contributed by atoms with Crippen LogP contribution in [0.15, 0.2) is 36.4 Å². The van der Waals surface area contributed by atoms with Crippen LogP contribution in [0.5, 0.6) is 0 Å². The van der Waals surface area contributed by atoms with Crippen LogP contribution in [0.4, 0.5) is 11.8 Å². The van der Waals surface area contributed by atoms with Crippen molar-refractivity contribution in [3.05, 3.63) is 47.7 Å². The number of nitrogens with one attached hydrogen (secondary N) is 1. The van der Waals surface area contributed by atoms with E-state index in [1.54, 1.807) is 0 Å². The molecule has 120 valence electrons. The molecule has 0 bridgehead atoms. The number of nitrogen functional groups attached to an aromatic ring is 1. The number of unbranched alkanes of at least 4 members (excludes halogenated alkanes) is 1. The summed E-state index contributed by atoms with van der Waals surface area (Å²) >= 11 is 0. The van der Waals surface area contributed by atoms with Gasteiger partial charge < -0.3 is 15.6 Å². The van der Waals surface area contributed by atoms with Crippen LogP contribution in [0.25, 0.3) is 11.0 Å². The molecular weight excluding hydrogens is 286 g/mol. The molecular formula is C18H23N5. The van der Waals surface area contributed by atoms with Crippen LogP contribution in [-0.4, -0.2) is 21.1 Å². The Balaban J connectivity index is 2.04. The van der Waals surface area contributed by atoms with E-state index in [1.165, 1.54) is 5.56 Å². The fourth-order valence-corrected chi connectivity index (χ4v) is 2.79. The largest absolute Gasteiger partial charge is 0.368 e. The molecule has 2 heterocycles. The first kappa shape index (κ1) is 15.3. The molecule has 23 heavy (non-hydrogen) atoms. The molecule has 0 aliphatic heterocycles. The lowest BCUT2D eigenvalue weighted by Crippen LogP contribution is -2.09. The topological polar surface area (TPSA) is 68.8 Å². The monoisotopic (exact) mass is 309 g/mol. The first-order valence-corrected chi connectivity index (χ1v) is 8.10. The average Bonchev–Trinajstić information content (AvgIpc) is 2.84. The van der Waals surface area contributed by atoms with E-state index in [4.69, 9.17) is 5.73 Å². The van der Waals surface area contributed by atoms with E-state index in [0.717, 1.165) is 48.5 Å². The third-order valence-electron chi connectivity index (χ3n) is 3.98. The quantitative estimate of drug-likeness (QED) is 0.683. The van der Waals surface area contributed by atoms with Gasteiger partial charge in [0.15, 0.2) is 5.82 Å². The highest BCUT2D eigenvalue weighted by molar-refractivity contribution is 5.88. The molecule has 5 nitrogen and oxygen atoms in total. The summed E-state index contributed by atoms with van der Waals surface area (Å²) < 4.78 is 2.25. The van der Waals surface area contributed by atoms with Crippen LogP contribution in [0.2, 0.25) is 0 Å². The Bertz CT molecular complexity index is 792. The minimum atomic E-state index is 0.313. The summed E-state index contributed by atoms with van der Waals surface area (Å²) in [6.07, 6.45) is 2.24. The first-order chi connectivity index (χ1) is 11.2. The van der Waals surface area contributed by atoms with Gasteiger partial charge in [-0.25, -0.2) is 4.98 Å². The molecule has 0 aliphatic carbocycles. The van der Waals surface area contributed by atoms with E-state index in [9.17, 15) is 0 Å². The zero-order chi connectivity index (χ0) is 16.2. The summed E-state index contributed by atoms with van der Waals surface area (Å²) in [5.74, 6) is 1.14. The molecule has 0 saturated carbocycles. The van der Waals surface area contributed by atoms with Crippen molar-refractivity contribution in [1.82, 2.24) is 14.5 Å². The van der Waals surface area contributed by atoms with Crippen molar-refractivity contribution in [2.24, 2.45) is 0 Å². The maximum absolute atomic E-state index is 5.87. The highest BCUT2D eigenvalue weighted by Crippen LogP contribution is 2.26. The lowest BCUT2D eigenvalue weighted by molar-refractivity contribution is 0.799. The fourth-order valence-electron chi connectivity index (χ4n) is 2.79. The smallest absolute Gasteiger partial charge is 0.222 e. The Morgan fingerprint density at radius 2 is 1.96 bits per heavy atom. The summed E-state index contributed by atoms with van der Waals surface area (Å²) in [6.45, 7) is 5.95. The third-order valence-corrected chi connectivity index (χ3v) is 3.98. The first-order valence-electron chi connectivity index (χ1n) is 8.10. The Morgan fingerprint density at radius 1 is 1.17 bits per heavy atom. The zero-order valence-corrected chi connectivity index (χ0v) is 13.7. The van der Waals surface area contributed by atoms with Crippen LogP contribution in [-0.2, 0) is 6.54 Å². The van der Waals surface area contributed by atoms with Crippen LogP contribution >= 0.6 is 0 Å². The SMILES string of the molecule is CCCCNc1nc(N)nc2cc(C)n(Cc3ccccc3)c12. The van der Waals surface area contributed by atoms with Crippen molar-refractivity contribution < 1.29 is 0 Å². The highest BCUT2D eigenvalue weighted by atomic mass is 15.1. The Hall–Kier alpha value is -2.56. The van der Waals surface area contributed by atoms with Gasteiger partial charge in [-0.2, -0.15) is 4.98 Å². The molecule has 2 aromatic heterocycles. The number of nitrogens with zero attached hydrogens (tertiary/aromatic N) is 3. The van der Waals surface area contributed by atoms with E-state index in [0.29, 0.717) is 5.95 Å². The number of hydrogen-bond donors (Lipinski definition) is 2. The number of aryl methyl sites for hydroxylation is 1. The van der Waals surface area contributed by atoms with Crippen molar-refractivity contribution >= 4 is 22.8 Å². The maximum Gasteiger partial charge on any atom is 0.222 e. The van der Waals surface area contributed by atoms with Gasteiger partial charge in [-0.05, 0) is 25.0 Å². The number of anilines is 2. The van der Waals surface area contributed by atoms with Gasteiger partial charge in [0.2, 0.25) is 5.95 Å². The molecule has 0 atom stereocenters. The molecule has 0 aliphatic rings. The summed E-state index contributed by atoms with van der Waals surface area (Å²) in [5, 5.41) is 3.42. The number of hydrogen-bond acceptors (Lipinski definition) is 4. The van der Waals surface area contributed by atoms with Crippen molar-refractivity contribution in [3.63, 3.8) is 0 Å². The molecule has 0 spiro atoms. The molecule has 3 rings (SSSR count). The molecule has 5 heteroatoms. The lowest BCUT2D eigenvalue weighted by Gasteiger charge is -2.12. The van der Waals surface area contributed by atoms with Crippen LogP contribution in [0, 0.1) is 6.92 Å². The predicted molar refractivity (Wildman–Crippen MR) is 95.6 cm³/mol. The van der Waals surface area contributed by atoms with Gasteiger partial charge in [0.05, 0.1) is 5.52 Å². The fraction of sp³-hybridized carbons (Fsp3) is 0.333. The molecule has 0 fully saturated rings. The molecule has 3 aromatic rings. The highest BCUT2D eigenvalue weighted by Gasteiger charge is 2.14. The van der Waals surface area contributed by atoms with Gasteiger partial charge in [0.1, 0.15) is 5.52 Å². The van der Waals surface area contributed by atoms with E-state index < -0.39 is 0 Å². The normalized spacial score (nSPS) is 11.0. The summed E-state index contributed by atoms with van der Waals surface area (Å²) in [6, 6.07) is 12.5. The molecule has 0 radical (unpaired) electrons. The Labute approximate surface area is 136 Å². The second kappa shape index (κ2) is 6.69. The molecule has 1 aromatic carbocycles. The molecule has 3 N–H and O–H groups in total. The maximum atomic E-state index is 5.87. The molecule has 0 saturated heterocycles. The van der Waals surface area contributed by atoms with E-state index in [-0.39, 0.29) is 0 Å². The number of fused-ring (bicyclic) bond motifs is 1. The van der Waals surface area contributed by atoms with E-state index >= 15 is 0 Å². The number of aromatic nitrogens is 3. The van der Waals surface area contributed by atoms with Crippen molar-refractivity contribution in [1.29, 1.82) is 0 Å². The summed E-state index contributed by atoms with van der Waals surface area (Å²) in [5.41, 5.74) is 10.2. The van der Waals surface area contributed by atoms with Gasteiger partial charge in [-0.15, -0.1) is 0 Å². The molecule has 0 unspecified atom stereocenters. The third kappa shape index (κ3) is 3.28. The number of benzene rings is 1. The van der Waals surface area contributed by atoms with E-state index in [2.05, 4.69) is 64.0 Å². The van der Waals surface area contributed by atoms with Crippen LogP contribution < -0.4 is 11.1 Å². The second-order valence-electron chi connectivity index (χ2n) is 5.80. The van der Waals surface area contributed by atoms with Gasteiger partial charge in [-0.1, -0.05) is 43.7 Å².